The molecule has 160 valence electrons. The molecule has 1 fully saturated rings. The quantitative estimate of drug-likeness (QED) is 0.678. The van der Waals surface area contributed by atoms with Crippen molar-refractivity contribution < 1.29 is 14.3 Å². The summed E-state index contributed by atoms with van der Waals surface area (Å²) in [6, 6.07) is 15.2. The van der Waals surface area contributed by atoms with E-state index in [0.29, 0.717) is 5.69 Å². The molecule has 2 aromatic rings. The van der Waals surface area contributed by atoms with Gasteiger partial charge in [0.1, 0.15) is 0 Å². The van der Waals surface area contributed by atoms with Gasteiger partial charge in [-0.3, -0.25) is 9.59 Å². The van der Waals surface area contributed by atoms with Crippen LogP contribution < -0.4 is 20.9 Å². The molecule has 1 saturated heterocycles. The number of carbonyl (C=O) groups is 2. The molecule has 2 amide bonds. The van der Waals surface area contributed by atoms with E-state index in [0.717, 1.165) is 43.4 Å². The smallest absolute Gasteiger partial charge is 0.243 e. The van der Waals surface area contributed by atoms with E-state index in [4.69, 9.17) is 4.74 Å². The summed E-state index contributed by atoms with van der Waals surface area (Å²) in [5.74, 6) is -0.198. The zero-order valence-electron chi connectivity index (χ0n) is 17.8. The van der Waals surface area contributed by atoms with Gasteiger partial charge in [-0.15, -0.1) is 0 Å². The minimum Gasteiger partial charge on any atom is -0.378 e. The fourth-order valence-corrected chi connectivity index (χ4v) is 2.99. The number of hydrogen-bond donors (Lipinski definition) is 3. The van der Waals surface area contributed by atoms with Gasteiger partial charge in [-0.05, 0) is 42.5 Å². The third-order valence-corrected chi connectivity index (χ3v) is 4.78. The lowest BCUT2D eigenvalue weighted by atomic mass is 9.95. The van der Waals surface area contributed by atoms with Crippen molar-refractivity contribution in [2.45, 2.75) is 20.8 Å². The number of benzene rings is 2. The molecule has 3 N–H and O–H groups in total. The number of rotatable bonds is 6. The first-order chi connectivity index (χ1) is 14.3. The topological polar surface area (TPSA) is 82.7 Å². The number of amides is 2. The Morgan fingerprint density at radius 1 is 0.933 bits per heavy atom. The van der Waals surface area contributed by atoms with Gasteiger partial charge in [-0.2, -0.15) is 0 Å². The van der Waals surface area contributed by atoms with Gasteiger partial charge in [0.15, 0.2) is 0 Å². The highest BCUT2D eigenvalue weighted by atomic mass is 16.5. The fraction of sp³-hybridized carbons (Fsp3) is 0.391. The molecule has 30 heavy (non-hydrogen) atoms. The molecule has 7 nitrogen and oxygen atoms in total. The first kappa shape index (κ1) is 21.6. The average molecular weight is 411 g/mol. The maximum Gasteiger partial charge on any atom is 0.243 e. The number of hydrogen-bond acceptors (Lipinski definition) is 5. The molecule has 0 bridgehead atoms. The SMILES string of the molecule is CC(C)(C)C(=O)Nc1cccc(NCC(=O)Nc2ccc(N3CCOCC3)cc2)c1. The first-order valence-corrected chi connectivity index (χ1v) is 10.2. The second-order valence-electron chi connectivity index (χ2n) is 8.33. The summed E-state index contributed by atoms with van der Waals surface area (Å²) < 4.78 is 5.38. The third kappa shape index (κ3) is 6.22. The maximum atomic E-state index is 12.3. The predicted octanol–water partition coefficient (Wildman–Crippen LogP) is 3.56. The van der Waals surface area contributed by atoms with Crippen LogP contribution in [0, 0.1) is 5.41 Å². The van der Waals surface area contributed by atoms with E-state index in [1.807, 2.05) is 69.3 Å². The van der Waals surface area contributed by atoms with Crippen LogP contribution in [-0.4, -0.2) is 44.7 Å². The second kappa shape index (κ2) is 9.63. The molecule has 0 atom stereocenters. The van der Waals surface area contributed by atoms with Crippen LogP contribution in [0.15, 0.2) is 48.5 Å². The monoisotopic (exact) mass is 410 g/mol. The largest absolute Gasteiger partial charge is 0.378 e. The van der Waals surface area contributed by atoms with Crippen molar-refractivity contribution in [1.82, 2.24) is 0 Å². The molecule has 0 aromatic heterocycles. The van der Waals surface area contributed by atoms with Gasteiger partial charge < -0.3 is 25.6 Å². The Morgan fingerprint density at radius 3 is 2.27 bits per heavy atom. The van der Waals surface area contributed by atoms with E-state index in [1.165, 1.54) is 0 Å². The van der Waals surface area contributed by atoms with Crippen molar-refractivity contribution in [3.05, 3.63) is 48.5 Å². The maximum absolute atomic E-state index is 12.3. The molecule has 3 rings (SSSR count). The van der Waals surface area contributed by atoms with Gasteiger partial charge in [-0.1, -0.05) is 26.8 Å². The van der Waals surface area contributed by atoms with Crippen molar-refractivity contribution in [1.29, 1.82) is 0 Å². The molecule has 0 spiro atoms. The van der Waals surface area contributed by atoms with Crippen molar-refractivity contribution >= 4 is 34.6 Å². The van der Waals surface area contributed by atoms with Crippen molar-refractivity contribution in [3.63, 3.8) is 0 Å². The van der Waals surface area contributed by atoms with Crippen LogP contribution in [0.1, 0.15) is 20.8 Å². The average Bonchev–Trinajstić information content (AvgIpc) is 2.73. The highest BCUT2D eigenvalue weighted by Gasteiger charge is 2.21. The summed E-state index contributed by atoms with van der Waals surface area (Å²) in [6.45, 7) is 8.96. The lowest BCUT2D eigenvalue weighted by molar-refractivity contribution is -0.123. The Bertz CT molecular complexity index is 869. The molecule has 2 aromatic carbocycles. The predicted molar refractivity (Wildman–Crippen MR) is 121 cm³/mol. The lowest BCUT2D eigenvalue weighted by Crippen LogP contribution is -2.36. The first-order valence-electron chi connectivity index (χ1n) is 10.2. The van der Waals surface area contributed by atoms with Gasteiger partial charge in [0.25, 0.3) is 0 Å². The Balaban J connectivity index is 1.50. The second-order valence-corrected chi connectivity index (χ2v) is 8.33. The Hall–Kier alpha value is -3.06. The highest BCUT2D eigenvalue weighted by Crippen LogP contribution is 2.21. The van der Waals surface area contributed by atoms with Gasteiger partial charge in [0.2, 0.25) is 11.8 Å². The molecule has 7 heteroatoms. The highest BCUT2D eigenvalue weighted by molar-refractivity contribution is 5.95. The molecule has 1 aliphatic rings. The number of carbonyl (C=O) groups excluding carboxylic acids is 2. The number of nitrogens with one attached hydrogen (secondary N) is 3. The summed E-state index contributed by atoms with van der Waals surface area (Å²) in [5, 5.41) is 8.88. The van der Waals surface area contributed by atoms with Crippen LogP contribution in [0.2, 0.25) is 0 Å². The summed E-state index contributed by atoms with van der Waals surface area (Å²) in [5.41, 5.74) is 2.87. The zero-order valence-corrected chi connectivity index (χ0v) is 17.8. The van der Waals surface area contributed by atoms with Gasteiger partial charge in [0, 0.05) is 41.3 Å². The van der Waals surface area contributed by atoms with Gasteiger partial charge in [0.05, 0.1) is 19.8 Å². The normalized spacial score (nSPS) is 14.2. The van der Waals surface area contributed by atoms with Crippen LogP contribution in [0.3, 0.4) is 0 Å². The summed E-state index contributed by atoms with van der Waals surface area (Å²) in [6.07, 6.45) is 0. The Kier molecular flexibility index (Phi) is 6.95. The van der Waals surface area contributed by atoms with Crippen LogP contribution >= 0.6 is 0 Å². The van der Waals surface area contributed by atoms with Crippen LogP contribution in [-0.2, 0) is 14.3 Å². The molecule has 0 saturated carbocycles. The molecular formula is C23H30N4O3. The van der Waals surface area contributed by atoms with E-state index in [-0.39, 0.29) is 18.4 Å². The number of ether oxygens (including phenoxy) is 1. The number of morpholine rings is 1. The molecule has 1 heterocycles. The van der Waals surface area contributed by atoms with Crippen LogP contribution in [0.25, 0.3) is 0 Å². The molecule has 1 aliphatic heterocycles. The molecular weight excluding hydrogens is 380 g/mol. The Labute approximate surface area is 177 Å². The van der Waals surface area contributed by atoms with E-state index >= 15 is 0 Å². The fourth-order valence-electron chi connectivity index (χ4n) is 2.99. The van der Waals surface area contributed by atoms with Crippen LogP contribution in [0.4, 0.5) is 22.7 Å². The van der Waals surface area contributed by atoms with Crippen molar-refractivity contribution in [3.8, 4) is 0 Å². The molecule has 0 radical (unpaired) electrons. The van der Waals surface area contributed by atoms with Crippen molar-refractivity contribution in [2.24, 2.45) is 5.41 Å². The zero-order chi connectivity index (χ0) is 21.6. The summed E-state index contributed by atoms with van der Waals surface area (Å²) in [4.78, 5) is 26.7. The van der Waals surface area contributed by atoms with E-state index in [9.17, 15) is 9.59 Å². The standard InChI is InChI=1S/C23H30N4O3/c1-23(2,3)22(29)26-19-6-4-5-18(15-19)24-16-21(28)25-17-7-9-20(10-8-17)27-11-13-30-14-12-27/h4-10,15,24H,11-14,16H2,1-3H3,(H,25,28)(H,26,29). The molecule has 0 unspecified atom stereocenters. The van der Waals surface area contributed by atoms with Crippen LogP contribution in [0.5, 0.6) is 0 Å². The number of anilines is 4. The summed E-state index contributed by atoms with van der Waals surface area (Å²) >= 11 is 0. The van der Waals surface area contributed by atoms with Gasteiger partial charge in [-0.25, -0.2) is 0 Å². The Morgan fingerprint density at radius 2 is 1.60 bits per heavy atom. The minimum absolute atomic E-state index is 0.0575. The summed E-state index contributed by atoms with van der Waals surface area (Å²) in [7, 11) is 0. The lowest BCUT2D eigenvalue weighted by Gasteiger charge is -2.28. The van der Waals surface area contributed by atoms with E-state index in [2.05, 4.69) is 20.9 Å². The van der Waals surface area contributed by atoms with E-state index < -0.39 is 5.41 Å². The third-order valence-electron chi connectivity index (χ3n) is 4.78. The van der Waals surface area contributed by atoms with E-state index in [1.54, 1.807) is 0 Å². The van der Waals surface area contributed by atoms with Gasteiger partial charge >= 0.3 is 0 Å². The minimum atomic E-state index is -0.472. The molecule has 0 aliphatic carbocycles. The number of nitrogens with zero attached hydrogens (tertiary/aromatic N) is 1. The van der Waals surface area contributed by atoms with Crippen molar-refractivity contribution in [2.75, 3.05) is 53.7 Å².